The smallest absolute Gasteiger partial charge is 0.0754 e. The van der Waals surface area contributed by atoms with Gasteiger partial charge in [0.15, 0.2) is 0 Å². The number of aryl methyl sites for hydroxylation is 2. The highest BCUT2D eigenvalue weighted by atomic mass is 15.1. The average molecular weight is 869 g/mol. The highest BCUT2D eigenvalue weighted by Crippen LogP contribution is 2.61. The molecule has 2 heteroatoms. The lowest BCUT2D eigenvalue weighted by Crippen LogP contribution is -2.33. The highest BCUT2D eigenvalue weighted by molar-refractivity contribution is 6.13. The topological polar surface area (TPSA) is 8.17 Å². The first kappa shape index (κ1) is 39.0. The third kappa shape index (κ3) is 5.29. The summed E-state index contributed by atoms with van der Waals surface area (Å²) in [5, 5.41) is 2.63. The maximum Gasteiger partial charge on any atom is 0.0754 e. The molecule has 2 nitrogen and oxygen atoms in total. The van der Waals surface area contributed by atoms with Crippen molar-refractivity contribution in [2.24, 2.45) is 0 Å². The number of hydrogen-bond donors (Lipinski definition) is 0. The van der Waals surface area contributed by atoms with Crippen molar-refractivity contribution in [1.29, 1.82) is 0 Å². The molecule has 0 amide bonds. The lowest BCUT2D eigenvalue weighted by Gasteiger charge is -2.40. The summed E-state index contributed by atoms with van der Waals surface area (Å²) in [6.07, 6.45) is 0. The van der Waals surface area contributed by atoms with E-state index < -0.39 is 5.41 Å². The average Bonchev–Trinajstić information content (AvgIpc) is 3.94. The number of hydrogen-bond acceptors (Lipinski definition) is 1. The second kappa shape index (κ2) is 14.2. The maximum absolute atomic E-state index is 2.56. The molecule has 0 saturated heterocycles. The molecular formula is C66H48N2. The molecule has 10 aromatic carbocycles. The Morgan fingerprint density at radius 2 is 0.882 bits per heavy atom. The molecule has 0 atom stereocenters. The van der Waals surface area contributed by atoms with E-state index in [1.807, 2.05) is 0 Å². The molecule has 1 aliphatic heterocycles. The van der Waals surface area contributed by atoms with Gasteiger partial charge in [-0.15, -0.1) is 0 Å². The molecule has 0 saturated carbocycles. The predicted molar refractivity (Wildman–Crippen MR) is 284 cm³/mol. The van der Waals surface area contributed by atoms with Gasteiger partial charge in [0.25, 0.3) is 0 Å². The number of anilines is 3. The van der Waals surface area contributed by atoms with Crippen molar-refractivity contribution in [1.82, 2.24) is 4.57 Å². The van der Waals surface area contributed by atoms with Crippen LogP contribution in [-0.2, 0) is 10.8 Å². The molecule has 14 rings (SSSR count). The summed E-state index contributed by atoms with van der Waals surface area (Å²) in [4.78, 5) is 2.43. The number of fused-ring (bicyclic) bond motifs is 15. The van der Waals surface area contributed by atoms with E-state index in [1.54, 1.807) is 0 Å². The molecular weight excluding hydrogens is 821 g/mol. The number of benzene rings is 10. The van der Waals surface area contributed by atoms with Gasteiger partial charge in [-0.05, 0) is 158 Å². The van der Waals surface area contributed by atoms with Gasteiger partial charge in [0.2, 0.25) is 0 Å². The van der Waals surface area contributed by atoms with Crippen LogP contribution < -0.4 is 4.90 Å². The van der Waals surface area contributed by atoms with Gasteiger partial charge in [0.1, 0.15) is 0 Å². The molecule has 11 aromatic rings. The van der Waals surface area contributed by atoms with Crippen LogP contribution in [0.1, 0.15) is 58.4 Å². The van der Waals surface area contributed by atoms with E-state index in [0.29, 0.717) is 0 Å². The maximum atomic E-state index is 2.56. The summed E-state index contributed by atoms with van der Waals surface area (Å²) in [7, 11) is 0. The fourth-order valence-electron chi connectivity index (χ4n) is 12.6. The molecule has 1 spiro atoms. The second-order valence-electron chi connectivity index (χ2n) is 19.8. The van der Waals surface area contributed by atoms with E-state index in [2.05, 4.69) is 256 Å². The van der Waals surface area contributed by atoms with Crippen LogP contribution in [0.5, 0.6) is 0 Å². The van der Waals surface area contributed by atoms with Crippen molar-refractivity contribution in [3.05, 3.63) is 263 Å². The fraction of sp³-hybridized carbons (Fsp3) is 0.0909. The summed E-state index contributed by atoms with van der Waals surface area (Å²) in [6.45, 7) is 9.21. The van der Waals surface area contributed by atoms with E-state index in [4.69, 9.17) is 0 Å². The molecule has 68 heavy (non-hydrogen) atoms. The van der Waals surface area contributed by atoms with E-state index in [0.717, 1.165) is 17.1 Å². The SMILES string of the molecule is Cc1ccc2c(c1)c1cc(C)cc3c1n2-c1ccc(-c2ccc(N(c4ccc(-c5ccccc5)cc4)c4ccc5c(c4)C(C)(C)c4ccccc4-5)cc2)cc1C31c2ccccc2-c2ccccc21. The molecule has 2 aliphatic carbocycles. The Bertz CT molecular complexity index is 3840. The van der Waals surface area contributed by atoms with Gasteiger partial charge < -0.3 is 9.47 Å². The van der Waals surface area contributed by atoms with Crippen molar-refractivity contribution in [2.45, 2.75) is 38.5 Å². The van der Waals surface area contributed by atoms with Gasteiger partial charge in [-0.2, -0.15) is 0 Å². The number of rotatable bonds is 5. The van der Waals surface area contributed by atoms with Crippen molar-refractivity contribution < 1.29 is 0 Å². The van der Waals surface area contributed by atoms with Gasteiger partial charge in [-0.1, -0.05) is 177 Å². The summed E-state index contributed by atoms with van der Waals surface area (Å²) in [5.74, 6) is 0. The Hall–Kier alpha value is -8.20. The Balaban J connectivity index is 0.950. The van der Waals surface area contributed by atoms with E-state index >= 15 is 0 Å². The zero-order chi connectivity index (χ0) is 45.5. The van der Waals surface area contributed by atoms with Crippen LogP contribution in [-0.4, -0.2) is 4.57 Å². The first-order chi connectivity index (χ1) is 33.3. The molecule has 2 heterocycles. The van der Waals surface area contributed by atoms with E-state index in [9.17, 15) is 0 Å². The Labute approximate surface area is 398 Å². The zero-order valence-electron chi connectivity index (χ0n) is 38.7. The summed E-state index contributed by atoms with van der Waals surface area (Å²) < 4.78 is 2.56. The Morgan fingerprint density at radius 1 is 0.353 bits per heavy atom. The monoisotopic (exact) mass is 868 g/mol. The van der Waals surface area contributed by atoms with Crippen LogP contribution in [0.25, 0.3) is 72.0 Å². The minimum absolute atomic E-state index is 0.115. The highest BCUT2D eigenvalue weighted by Gasteiger charge is 2.51. The third-order valence-corrected chi connectivity index (χ3v) is 15.7. The molecule has 0 bridgehead atoms. The number of aromatic nitrogens is 1. The quantitative estimate of drug-likeness (QED) is 0.167. The second-order valence-corrected chi connectivity index (χ2v) is 19.8. The van der Waals surface area contributed by atoms with Crippen LogP contribution in [0.4, 0.5) is 17.1 Å². The van der Waals surface area contributed by atoms with Crippen molar-refractivity contribution in [2.75, 3.05) is 4.90 Å². The fourth-order valence-corrected chi connectivity index (χ4v) is 12.6. The zero-order valence-corrected chi connectivity index (χ0v) is 38.7. The van der Waals surface area contributed by atoms with Crippen molar-refractivity contribution in [3.63, 3.8) is 0 Å². The van der Waals surface area contributed by atoms with Gasteiger partial charge in [-0.3, -0.25) is 0 Å². The van der Waals surface area contributed by atoms with E-state index in [-0.39, 0.29) is 5.41 Å². The minimum atomic E-state index is -0.508. The van der Waals surface area contributed by atoms with Crippen LogP contribution in [0.15, 0.2) is 218 Å². The normalized spacial score (nSPS) is 14.1. The molecule has 0 N–H and O–H groups in total. The first-order valence-corrected chi connectivity index (χ1v) is 24.0. The number of nitrogens with zero attached hydrogens (tertiary/aromatic N) is 2. The van der Waals surface area contributed by atoms with Crippen LogP contribution >= 0.6 is 0 Å². The molecule has 0 unspecified atom stereocenters. The summed E-state index contributed by atoms with van der Waals surface area (Å²) in [5.41, 5.74) is 27.3. The van der Waals surface area contributed by atoms with E-state index in [1.165, 1.54) is 117 Å². The lowest BCUT2D eigenvalue weighted by atomic mass is 9.65. The van der Waals surface area contributed by atoms with Crippen molar-refractivity contribution in [3.8, 4) is 50.2 Å². The third-order valence-electron chi connectivity index (χ3n) is 15.7. The van der Waals surface area contributed by atoms with Crippen molar-refractivity contribution >= 4 is 38.9 Å². The van der Waals surface area contributed by atoms with Gasteiger partial charge in [0, 0.05) is 33.2 Å². The lowest BCUT2D eigenvalue weighted by molar-refractivity contribution is 0.660. The summed E-state index contributed by atoms with van der Waals surface area (Å²) >= 11 is 0. The Morgan fingerprint density at radius 3 is 1.56 bits per heavy atom. The van der Waals surface area contributed by atoms with Crippen LogP contribution in [0, 0.1) is 13.8 Å². The molecule has 1 aromatic heterocycles. The van der Waals surface area contributed by atoms with Crippen LogP contribution in [0.2, 0.25) is 0 Å². The van der Waals surface area contributed by atoms with Gasteiger partial charge >= 0.3 is 0 Å². The molecule has 0 radical (unpaired) electrons. The van der Waals surface area contributed by atoms with Crippen LogP contribution in [0.3, 0.4) is 0 Å². The molecule has 3 aliphatic rings. The van der Waals surface area contributed by atoms with Gasteiger partial charge in [-0.25, -0.2) is 0 Å². The molecule has 322 valence electrons. The Kier molecular flexibility index (Phi) is 8.12. The largest absolute Gasteiger partial charge is 0.310 e. The first-order valence-electron chi connectivity index (χ1n) is 24.0. The van der Waals surface area contributed by atoms with Gasteiger partial charge in [0.05, 0.1) is 22.1 Å². The predicted octanol–water partition coefficient (Wildman–Crippen LogP) is 17.2. The molecule has 0 fully saturated rings. The summed E-state index contributed by atoms with van der Waals surface area (Å²) in [6, 6.07) is 82.4. The minimum Gasteiger partial charge on any atom is -0.310 e. The standard InChI is InChI=1S/C66H48N2/c1-41-22-34-62-54(36-41)55-37-42(2)38-61-64(55)68(62)63-35-27-46(39-60(63)66(61)57-20-12-9-17-51(57)52-18-10-13-21-58(52)66)45-25-30-48(31-26-45)67(47-28-23-44(24-29-47)43-14-6-5-7-15-43)49-32-33-53-50-16-8-11-19-56(50)65(3,4)59(53)40-49/h5-40H,1-4H3.